The molecule has 172 valence electrons. The van der Waals surface area contributed by atoms with Crippen molar-refractivity contribution >= 4 is 23.2 Å². The van der Waals surface area contributed by atoms with E-state index in [-0.39, 0.29) is 23.8 Å². The highest BCUT2D eigenvalue weighted by molar-refractivity contribution is 7.12. The zero-order chi connectivity index (χ0) is 22.8. The van der Waals surface area contributed by atoms with Crippen LogP contribution in [0.5, 0.6) is 0 Å². The smallest absolute Gasteiger partial charge is 0.262 e. The van der Waals surface area contributed by atoms with Gasteiger partial charge in [0.05, 0.1) is 17.2 Å². The summed E-state index contributed by atoms with van der Waals surface area (Å²) in [6, 6.07) is 11.7. The molecule has 1 aliphatic carbocycles. The van der Waals surface area contributed by atoms with E-state index in [4.69, 9.17) is 0 Å². The maximum Gasteiger partial charge on any atom is 0.262 e. The van der Waals surface area contributed by atoms with E-state index in [1.54, 1.807) is 4.90 Å². The molecule has 1 aromatic carbocycles. The van der Waals surface area contributed by atoms with Crippen LogP contribution in [0.2, 0.25) is 0 Å². The molecule has 5 rings (SSSR count). The van der Waals surface area contributed by atoms with Gasteiger partial charge in [0.15, 0.2) is 0 Å². The Morgan fingerprint density at radius 2 is 2.03 bits per heavy atom. The molecule has 3 aromatic rings. The molecule has 1 aliphatic heterocycles. The van der Waals surface area contributed by atoms with E-state index in [1.807, 2.05) is 48.0 Å². The molecule has 33 heavy (non-hydrogen) atoms. The molecule has 3 atom stereocenters. The Bertz CT molecular complexity index is 1130. The summed E-state index contributed by atoms with van der Waals surface area (Å²) in [5, 5.41) is 22.8. The normalized spacial score (nSPS) is 22.9. The lowest BCUT2D eigenvalue weighted by Crippen LogP contribution is -2.41. The third kappa shape index (κ3) is 4.72. The van der Waals surface area contributed by atoms with E-state index in [9.17, 15) is 14.7 Å². The van der Waals surface area contributed by atoms with Gasteiger partial charge in [-0.3, -0.25) is 14.7 Å². The molecular formula is C25H28N4O3S. The number of aromatic amines is 1. The minimum Gasteiger partial charge on any atom is -0.391 e. The number of aliphatic hydroxyl groups is 1. The number of carbonyl (C=O) groups excluding carboxylic acids is 2. The van der Waals surface area contributed by atoms with Gasteiger partial charge in [-0.15, -0.1) is 11.3 Å². The number of benzene rings is 1. The summed E-state index contributed by atoms with van der Waals surface area (Å²) in [6.07, 6.45) is 4.57. The number of H-pyrrole nitrogens is 1. The first-order chi connectivity index (χ1) is 16.1. The number of hydrogen-bond acceptors (Lipinski definition) is 5. The number of aryl methyl sites for hydroxylation is 1. The van der Waals surface area contributed by atoms with E-state index in [0.717, 1.165) is 29.7 Å². The van der Waals surface area contributed by atoms with Gasteiger partial charge in [0.1, 0.15) is 0 Å². The van der Waals surface area contributed by atoms with Gasteiger partial charge in [-0.2, -0.15) is 5.10 Å². The minimum absolute atomic E-state index is 0.0872. The number of carbonyl (C=O) groups is 2. The number of β-amino-alcohol motifs (C(OH)–C–C–N with tert-alkyl or cyclic N) is 1. The number of hydrogen-bond donors (Lipinski definition) is 3. The van der Waals surface area contributed by atoms with E-state index in [2.05, 4.69) is 15.5 Å². The Morgan fingerprint density at radius 1 is 1.18 bits per heavy atom. The maximum absolute atomic E-state index is 13.2. The number of rotatable bonds is 4. The lowest BCUT2D eigenvalue weighted by molar-refractivity contribution is -0.137. The van der Waals surface area contributed by atoms with Gasteiger partial charge in [-0.1, -0.05) is 30.3 Å². The lowest BCUT2D eigenvalue weighted by atomic mass is 9.87. The van der Waals surface area contributed by atoms with Gasteiger partial charge in [0.2, 0.25) is 5.91 Å². The van der Waals surface area contributed by atoms with Gasteiger partial charge in [-0.25, -0.2) is 0 Å². The standard InChI is InChI=1S/C25H28N4O3S/c30-20-13-19(27-24(31)23-21(9-11-33-23)16-4-2-1-3-5-16)8-10-29(15-20)25(32)17-6-7-18-14-26-28-22(18)12-17/h1-5,9,11,14,17,19-20,30H,6-8,10,12-13,15H2,(H,26,28)(H,27,31)/t17?,19-,20-/m1/s1. The van der Waals surface area contributed by atoms with E-state index in [0.29, 0.717) is 37.2 Å². The van der Waals surface area contributed by atoms with E-state index < -0.39 is 6.10 Å². The monoisotopic (exact) mass is 464 g/mol. The average Bonchev–Trinajstić information content (AvgIpc) is 3.47. The fraction of sp³-hybridized carbons (Fsp3) is 0.400. The summed E-state index contributed by atoms with van der Waals surface area (Å²) >= 11 is 1.42. The molecule has 3 heterocycles. The summed E-state index contributed by atoms with van der Waals surface area (Å²) in [7, 11) is 0. The molecule has 0 saturated carbocycles. The number of nitrogens with one attached hydrogen (secondary N) is 2. The fourth-order valence-electron chi connectivity index (χ4n) is 4.97. The number of aliphatic hydroxyl groups excluding tert-OH is 1. The summed E-state index contributed by atoms with van der Waals surface area (Å²) in [6.45, 7) is 0.842. The molecule has 2 aliphatic rings. The molecule has 8 heteroatoms. The van der Waals surface area contributed by atoms with Gasteiger partial charge < -0.3 is 15.3 Å². The second-order valence-corrected chi connectivity index (χ2v) is 9.89. The van der Waals surface area contributed by atoms with Crippen LogP contribution < -0.4 is 5.32 Å². The molecule has 1 fully saturated rings. The number of thiophene rings is 1. The third-order valence-corrected chi connectivity index (χ3v) is 7.62. The number of likely N-dealkylation sites (tertiary alicyclic amines) is 1. The van der Waals surface area contributed by atoms with Crippen molar-refractivity contribution in [1.82, 2.24) is 20.4 Å². The van der Waals surface area contributed by atoms with Crippen LogP contribution in [0.4, 0.5) is 0 Å². The van der Waals surface area contributed by atoms with Crippen molar-refractivity contribution in [3.8, 4) is 11.1 Å². The molecule has 1 saturated heterocycles. The number of fused-ring (bicyclic) bond motifs is 1. The highest BCUT2D eigenvalue weighted by atomic mass is 32.1. The van der Waals surface area contributed by atoms with Crippen LogP contribution >= 0.6 is 11.3 Å². The molecule has 0 radical (unpaired) electrons. The summed E-state index contributed by atoms with van der Waals surface area (Å²) in [4.78, 5) is 28.7. The Balaban J connectivity index is 1.22. The van der Waals surface area contributed by atoms with E-state index >= 15 is 0 Å². The van der Waals surface area contributed by atoms with Crippen molar-refractivity contribution in [2.75, 3.05) is 13.1 Å². The highest BCUT2D eigenvalue weighted by Crippen LogP contribution is 2.29. The van der Waals surface area contributed by atoms with Crippen molar-refractivity contribution in [1.29, 1.82) is 0 Å². The van der Waals surface area contributed by atoms with E-state index in [1.165, 1.54) is 16.9 Å². The molecule has 2 amide bonds. The highest BCUT2D eigenvalue weighted by Gasteiger charge is 2.33. The van der Waals surface area contributed by atoms with Crippen molar-refractivity contribution < 1.29 is 14.7 Å². The quantitative estimate of drug-likeness (QED) is 0.553. The molecule has 0 spiro atoms. The lowest BCUT2D eigenvalue weighted by Gasteiger charge is -2.29. The molecule has 2 aromatic heterocycles. The molecule has 1 unspecified atom stereocenters. The number of amides is 2. The SMILES string of the molecule is O=C(N[C@@H]1CCN(C(=O)C2CCc3cn[nH]c3C2)C[C@H](O)C1)c1sccc1-c1ccccc1. The zero-order valence-corrected chi connectivity index (χ0v) is 19.2. The molecular weight excluding hydrogens is 436 g/mol. The van der Waals surface area contributed by atoms with Crippen LogP contribution in [0.3, 0.4) is 0 Å². The average molecular weight is 465 g/mol. The Morgan fingerprint density at radius 3 is 2.88 bits per heavy atom. The topological polar surface area (TPSA) is 98.3 Å². The van der Waals surface area contributed by atoms with Crippen LogP contribution in [0, 0.1) is 5.92 Å². The maximum atomic E-state index is 13.2. The Kier molecular flexibility index (Phi) is 6.28. The van der Waals surface area contributed by atoms with Crippen molar-refractivity contribution in [2.24, 2.45) is 5.92 Å². The Hall–Kier alpha value is -2.97. The predicted molar refractivity (Wildman–Crippen MR) is 127 cm³/mol. The van der Waals surface area contributed by atoms with Crippen molar-refractivity contribution in [2.45, 2.75) is 44.2 Å². The van der Waals surface area contributed by atoms with Crippen molar-refractivity contribution in [3.63, 3.8) is 0 Å². The molecule has 7 nitrogen and oxygen atoms in total. The zero-order valence-electron chi connectivity index (χ0n) is 18.4. The van der Waals surface area contributed by atoms with Gasteiger partial charge in [0, 0.05) is 42.7 Å². The predicted octanol–water partition coefficient (Wildman–Crippen LogP) is 3.03. The van der Waals surface area contributed by atoms with Crippen molar-refractivity contribution in [3.05, 3.63) is 64.1 Å². The minimum atomic E-state index is -0.662. The summed E-state index contributed by atoms with van der Waals surface area (Å²) < 4.78 is 0. The summed E-state index contributed by atoms with van der Waals surface area (Å²) in [5.41, 5.74) is 4.17. The number of nitrogens with zero attached hydrogens (tertiary/aromatic N) is 2. The second-order valence-electron chi connectivity index (χ2n) is 8.98. The first-order valence-corrected chi connectivity index (χ1v) is 12.4. The number of aromatic nitrogens is 2. The van der Waals surface area contributed by atoms with Crippen LogP contribution in [0.15, 0.2) is 48.0 Å². The van der Waals surface area contributed by atoms with Crippen LogP contribution in [0.25, 0.3) is 11.1 Å². The summed E-state index contributed by atoms with van der Waals surface area (Å²) in [5.74, 6) is -0.123. The van der Waals surface area contributed by atoms with Crippen LogP contribution in [0.1, 0.15) is 40.2 Å². The second kappa shape index (κ2) is 9.49. The van der Waals surface area contributed by atoms with Crippen LogP contribution in [-0.2, 0) is 17.6 Å². The third-order valence-electron chi connectivity index (χ3n) is 6.71. The molecule has 0 bridgehead atoms. The first kappa shape index (κ1) is 21.9. The fourth-order valence-corrected chi connectivity index (χ4v) is 5.79. The first-order valence-electron chi connectivity index (χ1n) is 11.5. The Labute approximate surface area is 196 Å². The van der Waals surface area contributed by atoms with Crippen LogP contribution in [-0.4, -0.2) is 57.3 Å². The molecule has 3 N–H and O–H groups in total. The van der Waals surface area contributed by atoms with Gasteiger partial charge >= 0.3 is 0 Å². The largest absolute Gasteiger partial charge is 0.391 e. The van der Waals surface area contributed by atoms with Gasteiger partial charge in [0.25, 0.3) is 5.91 Å². The van der Waals surface area contributed by atoms with Gasteiger partial charge in [-0.05, 0) is 48.3 Å².